The monoisotopic (exact) mass is 223 g/mol. The molecule has 0 spiro atoms. The first-order valence-corrected chi connectivity index (χ1v) is 5.30. The van der Waals surface area contributed by atoms with Gasteiger partial charge in [0.15, 0.2) is 0 Å². The maximum absolute atomic E-state index is 11.7. The second-order valence-corrected chi connectivity index (χ2v) is 5.02. The van der Waals surface area contributed by atoms with Crippen LogP contribution in [0.25, 0.3) is 0 Å². The molecule has 1 saturated carbocycles. The van der Waals surface area contributed by atoms with Crippen LogP contribution in [0.1, 0.15) is 32.6 Å². The molecule has 16 heavy (non-hydrogen) atoms. The van der Waals surface area contributed by atoms with Crippen molar-refractivity contribution in [2.45, 2.75) is 38.3 Å². The van der Waals surface area contributed by atoms with Gasteiger partial charge in [-0.15, -0.1) is 0 Å². The molecule has 6 nitrogen and oxygen atoms in total. The number of nitrogens with one attached hydrogen (secondary N) is 1. The largest absolute Gasteiger partial charge is 0.296 e. The number of hydrogen-bond acceptors (Lipinski definition) is 4. The lowest BCUT2D eigenvalue weighted by Crippen LogP contribution is -2.66. The van der Waals surface area contributed by atoms with Crippen molar-refractivity contribution in [3.8, 4) is 6.07 Å². The number of nitrogens with zero attached hydrogens (tertiary/aromatic N) is 2. The molecule has 0 aromatic carbocycles. The molecule has 0 aromatic rings. The highest BCUT2D eigenvalue weighted by molar-refractivity contribution is 5.83. The minimum Gasteiger partial charge on any atom is -0.290 e. The number of piperidine rings is 1. The number of amides is 1. The summed E-state index contributed by atoms with van der Waals surface area (Å²) in [5.74, 6) is -1.26. The van der Waals surface area contributed by atoms with Gasteiger partial charge in [-0.1, -0.05) is 6.92 Å². The van der Waals surface area contributed by atoms with Crippen molar-refractivity contribution in [2.24, 2.45) is 11.3 Å². The van der Waals surface area contributed by atoms with Crippen molar-refractivity contribution in [3.05, 3.63) is 10.1 Å². The summed E-state index contributed by atoms with van der Waals surface area (Å²) in [6.45, 7) is 1.80. The van der Waals surface area contributed by atoms with Crippen LogP contribution < -0.4 is 5.32 Å². The second-order valence-electron chi connectivity index (χ2n) is 5.02. The zero-order valence-electron chi connectivity index (χ0n) is 9.02. The lowest BCUT2D eigenvalue weighted by molar-refractivity contribution is -0.586. The van der Waals surface area contributed by atoms with E-state index in [1.165, 1.54) is 0 Å². The topological polar surface area (TPSA) is 96.0 Å². The first kappa shape index (κ1) is 10.9. The molecule has 1 amide bonds. The van der Waals surface area contributed by atoms with Crippen molar-refractivity contribution in [3.63, 3.8) is 0 Å². The van der Waals surface area contributed by atoms with Crippen LogP contribution in [-0.2, 0) is 4.79 Å². The average Bonchev–Trinajstić information content (AvgIpc) is 2.16. The van der Waals surface area contributed by atoms with Crippen molar-refractivity contribution in [2.75, 3.05) is 0 Å². The Hall–Kier alpha value is -1.64. The highest BCUT2D eigenvalue weighted by Gasteiger charge is 2.60. The quantitative estimate of drug-likeness (QED) is 0.525. The van der Waals surface area contributed by atoms with Crippen LogP contribution in [0.5, 0.6) is 0 Å². The van der Waals surface area contributed by atoms with Crippen LogP contribution >= 0.6 is 0 Å². The summed E-state index contributed by atoms with van der Waals surface area (Å²) in [5.41, 5.74) is -1.89. The van der Waals surface area contributed by atoms with E-state index >= 15 is 0 Å². The van der Waals surface area contributed by atoms with Gasteiger partial charge in [-0.25, -0.2) is 0 Å². The van der Waals surface area contributed by atoms with Gasteiger partial charge < -0.3 is 0 Å². The average molecular weight is 223 g/mol. The number of carbonyl (C=O) groups is 1. The Balaban J connectivity index is 2.42. The van der Waals surface area contributed by atoms with Crippen LogP contribution in [-0.4, -0.2) is 16.5 Å². The van der Waals surface area contributed by atoms with Crippen molar-refractivity contribution in [1.29, 1.82) is 5.26 Å². The van der Waals surface area contributed by atoms with Gasteiger partial charge in [0.1, 0.15) is 5.92 Å². The number of nitriles is 1. The molecule has 0 unspecified atom stereocenters. The Labute approximate surface area is 92.8 Å². The number of hydrogen-bond donors (Lipinski definition) is 1. The number of carbonyl (C=O) groups excluding carboxylic acids is 1. The predicted molar refractivity (Wildman–Crippen MR) is 53.5 cm³/mol. The molecule has 3 atom stereocenters. The standard InChI is InChI=1S/C10H13N3O3/c1-9-3-2-4-10(6-9,13(15)16)12-8(14)7(9)5-11/h7H,2-4,6H2,1H3,(H,12,14)/t7-,9-,10-/m0/s1. The van der Waals surface area contributed by atoms with Crippen molar-refractivity contribution < 1.29 is 9.72 Å². The molecule has 2 bridgehead atoms. The van der Waals surface area contributed by atoms with Crippen molar-refractivity contribution in [1.82, 2.24) is 5.32 Å². The minimum atomic E-state index is -1.34. The maximum atomic E-state index is 11.7. The van der Waals surface area contributed by atoms with E-state index in [4.69, 9.17) is 5.26 Å². The van der Waals surface area contributed by atoms with E-state index in [1.807, 2.05) is 6.07 Å². The summed E-state index contributed by atoms with van der Waals surface area (Å²) in [6, 6.07) is 1.97. The third-order valence-corrected chi connectivity index (χ3v) is 3.83. The highest BCUT2D eigenvalue weighted by Crippen LogP contribution is 2.49. The molecule has 2 rings (SSSR count). The Kier molecular flexibility index (Phi) is 2.15. The van der Waals surface area contributed by atoms with Gasteiger partial charge >= 0.3 is 0 Å². The second kappa shape index (κ2) is 3.17. The zero-order chi connectivity index (χ0) is 12.0. The maximum Gasteiger partial charge on any atom is 0.296 e. The molecule has 86 valence electrons. The summed E-state index contributed by atoms with van der Waals surface area (Å²) in [6.07, 6.45) is 2.00. The van der Waals surface area contributed by atoms with E-state index in [9.17, 15) is 14.9 Å². The van der Waals surface area contributed by atoms with Gasteiger partial charge in [0.2, 0.25) is 5.91 Å². The molecule has 0 radical (unpaired) electrons. The summed E-state index contributed by atoms with van der Waals surface area (Å²) in [7, 11) is 0. The molecule has 1 aliphatic carbocycles. The molecule has 1 aliphatic heterocycles. The fourth-order valence-corrected chi connectivity index (χ4v) is 3.02. The third-order valence-electron chi connectivity index (χ3n) is 3.83. The summed E-state index contributed by atoms with van der Waals surface area (Å²) in [5, 5.41) is 22.5. The van der Waals surface area contributed by atoms with E-state index in [1.54, 1.807) is 6.92 Å². The smallest absolute Gasteiger partial charge is 0.290 e. The highest BCUT2D eigenvalue weighted by atomic mass is 16.6. The summed E-state index contributed by atoms with van der Waals surface area (Å²) >= 11 is 0. The summed E-state index contributed by atoms with van der Waals surface area (Å²) < 4.78 is 0. The van der Waals surface area contributed by atoms with Gasteiger partial charge in [-0.2, -0.15) is 5.26 Å². The summed E-state index contributed by atoms with van der Waals surface area (Å²) in [4.78, 5) is 22.4. The Bertz CT molecular complexity index is 403. The van der Waals surface area contributed by atoms with E-state index in [0.29, 0.717) is 19.3 Å². The first-order valence-electron chi connectivity index (χ1n) is 5.30. The van der Waals surface area contributed by atoms with Gasteiger partial charge in [0, 0.05) is 23.2 Å². The van der Waals surface area contributed by atoms with E-state index in [-0.39, 0.29) is 6.42 Å². The Morgan fingerprint density at radius 2 is 2.31 bits per heavy atom. The predicted octanol–water partition coefficient (Wildman–Crippen LogP) is 0.809. The van der Waals surface area contributed by atoms with Crippen LogP contribution in [0, 0.1) is 32.8 Å². The zero-order valence-corrected chi connectivity index (χ0v) is 9.02. The van der Waals surface area contributed by atoms with Gasteiger partial charge in [0.25, 0.3) is 5.66 Å². The SMILES string of the molecule is C[C@]12CCC[C@]([N+](=O)[O-])(C1)NC(=O)[C@@H]2C#N. The lowest BCUT2D eigenvalue weighted by atomic mass is 9.61. The van der Waals surface area contributed by atoms with Crippen LogP contribution in [0.3, 0.4) is 0 Å². The number of rotatable bonds is 1. The fourth-order valence-electron chi connectivity index (χ4n) is 3.02. The van der Waals surface area contributed by atoms with E-state index in [0.717, 1.165) is 0 Å². The molecule has 2 fully saturated rings. The Morgan fingerprint density at radius 3 is 2.88 bits per heavy atom. The Morgan fingerprint density at radius 1 is 1.62 bits per heavy atom. The molecule has 6 heteroatoms. The number of nitro groups is 1. The van der Waals surface area contributed by atoms with E-state index in [2.05, 4.69) is 5.32 Å². The molecule has 1 heterocycles. The molecular formula is C10H13N3O3. The van der Waals surface area contributed by atoms with Gasteiger partial charge in [-0.05, 0) is 12.8 Å². The molecule has 2 aliphatic rings. The molecule has 1 saturated heterocycles. The lowest BCUT2D eigenvalue weighted by Gasteiger charge is -2.47. The first-order chi connectivity index (χ1) is 7.43. The third kappa shape index (κ3) is 1.28. The minimum absolute atomic E-state index is 0.261. The van der Waals surface area contributed by atoms with Gasteiger partial charge in [0.05, 0.1) is 6.07 Å². The molecule has 1 N–H and O–H groups in total. The van der Waals surface area contributed by atoms with Crippen molar-refractivity contribution >= 4 is 5.91 Å². The van der Waals surface area contributed by atoms with Crippen LogP contribution in [0.15, 0.2) is 0 Å². The van der Waals surface area contributed by atoms with Crippen LogP contribution in [0.2, 0.25) is 0 Å². The number of fused-ring (bicyclic) bond motifs is 2. The molecular weight excluding hydrogens is 210 g/mol. The van der Waals surface area contributed by atoms with E-state index < -0.39 is 27.8 Å². The normalized spacial score (nSPS) is 42.0. The van der Waals surface area contributed by atoms with Crippen LogP contribution in [0.4, 0.5) is 0 Å². The fraction of sp³-hybridized carbons (Fsp3) is 0.800. The van der Waals surface area contributed by atoms with Gasteiger partial charge in [-0.3, -0.25) is 20.2 Å². The molecule has 0 aromatic heterocycles.